The van der Waals surface area contributed by atoms with Gasteiger partial charge in [0.15, 0.2) is 0 Å². The summed E-state index contributed by atoms with van der Waals surface area (Å²) < 4.78 is 1.97. The molecule has 1 aromatic rings. The second-order valence-electron chi connectivity index (χ2n) is 2.66. The van der Waals surface area contributed by atoms with E-state index < -0.39 is 0 Å². The second kappa shape index (κ2) is 3.07. The number of hydrogen-bond acceptors (Lipinski definition) is 2. The zero-order chi connectivity index (χ0) is 7.68. The number of hydrogen-bond donors (Lipinski definition) is 0. The highest BCUT2D eigenvalue weighted by molar-refractivity contribution is 7.99. The fourth-order valence-corrected chi connectivity index (χ4v) is 2.59. The summed E-state index contributed by atoms with van der Waals surface area (Å²) in [5.74, 6) is 2.43. The van der Waals surface area contributed by atoms with E-state index in [1.807, 2.05) is 22.6 Å². The summed E-state index contributed by atoms with van der Waals surface area (Å²) in [6, 6.07) is 0.576. The summed E-state index contributed by atoms with van der Waals surface area (Å²) in [6.45, 7) is 0. The Morgan fingerprint density at radius 1 is 1.73 bits per heavy atom. The third-order valence-corrected chi connectivity index (χ3v) is 3.19. The average Bonchev–Trinajstić information content (AvgIpc) is 2.55. The third kappa shape index (κ3) is 1.54. The van der Waals surface area contributed by atoms with E-state index in [1.165, 1.54) is 17.9 Å². The fraction of sp³-hybridized carbons (Fsp3) is 0.571. The minimum Gasteiger partial charge on any atom is -0.267 e. The van der Waals surface area contributed by atoms with E-state index in [2.05, 4.69) is 5.10 Å². The number of nitrogens with zero attached hydrogens (tertiary/aromatic N) is 2. The molecule has 1 aliphatic rings. The monoisotopic (exact) mass is 188 g/mol. The maximum absolute atomic E-state index is 5.75. The number of halogens is 1. The first-order valence-corrected chi connectivity index (χ1v) is 5.17. The van der Waals surface area contributed by atoms with Crippen LogP contribution in [-0.2, 0) is 0 Å². The molecule has 1 aromatic heterocycles. The van der Waals surface area contributed by atoms with Crippen LogP contribution in [0, 0.1) is 0 Å². The predicted molar refractivity (Wildman–Crippen MR) is 48.2 cm³/mol. The molecule has 0 saturated carbocycles. The van der Waals surface area contributed by atoms with Crippen molar-refractivity contribution < 1.29 is 0 Å². The summed E-state index contributed by atoms with van der Waals surface area (Å²) in [5, 5.41) is 4.91. The fourth-order valence-electron chi connectivity index (χ4n) is 1.25. The molecule has 60 valence electrons. The van der Waals surface area contributed by atoms with Crippen LogP contribution in [-0.4, -0.2) is 21.3 Å². The molecule has 4 heteroatoms. The largest absolute Gasteiger partial charge is 0.267 e. The van der Waals surface area contributed by atoms with E-state index in [0.717, 1.165) is 5.02 Å². The van der Waals surface area contributed by atoms with Gasteiger partial charge in [-0.15, -0.1) is 0 Å². The molecule has 1 saturated heterocycles. The van der Waals surface area contributed by atoms with Crippen molar-refractivity contribution in [3.05, 3.63) is 17.4 Å². The molecule has 1 fully saturated rings. The van der Waals surface area contributed by atoms with Crippen molar-refractivity contribution in [2.45, 2.75) is 12.5 Å². The lowest BCUT2D eigenvalue weighted by Gasteiger charge is -2.06. The Morgan fingerprint density at radius 2 is 2.64 bits per heavy atom. The first-order valence-electron chi connectivity index (χ1n) is 3.63. The lowest BCUT2D eigenvalue weighted by Crippen LogP contribution is -2.07. The van der Waals surface area contributed by atoms with Crippen molar-refractivity contribution in [1.82, 2.24) is 9.78 Å². The van der Waals surface area contributed by atoms with Crippen molar-refractivity contribution >= 4 is 23.4 Å². The summed E-state index contributed by atoms with van der Waals surface area (Å²) >= 11 is 7.73. The van der Waals surface area contributed by atoms with Crippen molar-refractivity contribution in [2.24, 2.45) is 0 Å². The van der Waals surface area contributed by atoms with Gasteiger partial charge in [-0.3, -0.25) is 4.68 Å². The van der Waals surface area contributed by atoms with Crippen LogP contribution in [0.25, 0.3) is 0 Å². The van der Waals surface area contributed by atoms with Crippen LogP contribution in [0.5, 0.6) is 0 Å². The minimum atomic E-state index is 0.576. The quantitative estimate of drug-likeness (QED) is 0.673. The van der Waals surface area contributed by atoms with Crippen LogP contribution in [0.2, 0.25) is 5.02 Å². The molecule has 0 aromatic carbocycles. The molecule has 11 heavy (non-hydrogen) atoms. The van der Waals surface area contributed by atoms with Gasteiger partial charge in [0.1, 0.15) is 0 Å². The van der Waals surface area contributed by atoms with Gasteiger partial charge in [-0.2, -0.15) is 16.9 Å². The molecule has 0 spiro atoms. The minimum absolute atomic E-state index is 0.576. The highest BCUT2D eigenvalue weighted by Crippen LogP contribution is 2.27. The summed E-state index contributed by atoms with van der Waals surface area (Å²) in [5.41, 5.74) is 0. The Kier molecular flexibility index (Phi) is 2.09. The maximum atomic E-state index is 5.75. The Hall–Kier alpha value is -0.150. The van der Waals surface area contributed by atoms with Crippen molar-refractivity contribution in [3.63, 3.8) is 0 Å². The Labute approximate surface area is 74.9 Å². The van der Waals surface area contributed by atoms with Crippen LogP contribution in [0.15, 0.2) is 12.4 Å². The van der Waals surface area contributed by atoms with Crippen LogP contribution in [0.3, 0.4) is 0 Å². The number of rotatable bonds is 1. The third-order valence-electron chi connectivity index (χ3n) is 1.85. The van der Waals surface area contributed by atoms with Gasteiger partial charge in [-0.1, -0.05) is 11.6 Å². The Balaban J connectivity index is 2.15. The van der Waals surface area contributed by atoms with Crippen LogP contribution < -0.4 is 0 Å². The highest BCUT2D eigenvalue weighted by Gasteiger charge is 2.17. The highest BCUT2D eigenvalue weighted by atomic mass is 35.5. The van der Waals surface area contributed by atoms with Crippen molar-refractivity contribution in [3.8, 4) is 0 Å². The van der Waals surface area contributed by atoms with E-state index in [9.17, 15) is 0 Å². The molecule has 2 rings (SSSR count). The standard InChI is InChI=1S/C7H9ClN2S/c8-6-3-9-10(4-6)7-1-2-11-5-7/h3-4,7H,1-2,5H2. The second-order valence-corrected chi connectivity index (χ2v) is 4.24. The van der Waals surface area contributed by atoms with Gasteiger partial charge in [0.25, 0.3) is 0 Å². The molecule has 0 radical (unpaired) electrons. The molecule has 2 nitrogen and oxygen atoms in total. The Bertz CT molecular complexity index is 242. The normalized spacial score (nSPS) is 24.3. The van der Waals surface area contributed by atoms with Gasteiger partial charge < -0.3 is 0 Å². The first-order chi connectivity index (χ1) is 5.36. The molecular weight excluding hydrogens is 180 g/mol. The molecule has 0 N–H and O–H groups in total. The van der Waals surface area contributed by atoms with Gasteiger partial charge in [0.2, 0.25) is 0 Å². The molecule has 0 aliphatic carbocycles. The topological polar surface area (TPSA) is 17.8 Å². The van der Waals surface area contributed by atoms with Crippen LogP contribution in [0.1, 0.15) is 12.5 Å². The van der Waals surface area contributed by atoms with Crippen LogP contribution >= 0.6 is 23.4 Å². The first kappa shape index (κ1) is 7.50. The summed E-state index contributed by atoms with van der Waals surface area (Å²) in [6.07, 6.45) is 4.82. The number of aromatic nitrogens is 2. The van der Waals surface area contributed by atoms with E-state index in [4.69, 9.17) is 11.6 Å². The number of thioether (sulfide) groups is 1. The molecule has 1 unspecified atom stereocenters. The lowest BCUT2D eigenvalue weighted by molar-refractivity contribution is 0.502. The maximum Gasteiger partial charge on any atom is 0.0785 e. The van der Waals surface area contributed by atoms with E-state index >= 15 is 0 Å². The van der Waals surface area contributed by atoms with Gasteiger partial charge in [0, 0.05) is 11.9 Å². The zero-order valence-corrected chi connectivity index (χ0v) is 7.61. The molecule has 1 atom stereocenters. The van der Waals surface area contributed by atoms with Gasteiger partial charge >= 0.3 is 0 Å². The average molecular weight is 189 g/mol. The smallest absolute Gasteiger partial charge is 0.0785 e. The van der Waals surface area contributed by atoms with Gasteiger partial charge in [-0.25, -0.2) is 0 Å². The zero-order valence-electron chi connectivity index (χ0n) is 6.03. The predicted octanol–water partition coefficient (Wildman–Crippen LogP) is 2.21. The summed E-state index contributed by atoms with van der Waals surface area (Å²) in [4.78, 5) is 0. The Morgan fingerprint density at radius 3 is 3.18 bits per heavy atom. The van der Waals surface area contributed by atoms with Crippen molar-refractivity contribution in [1.29, 1.82) is 0 Å². The molecule has 0 bridgehead atoms. The molecular formula is C7H9ClN2S. The molecule has 0 amide bonds. The van der Waals surface area contributed by atoms with E-state index in [1.54, 1.807) is 6.20 Å². The van der Waals surface area contributed by atoms with Gasteiger partial charge in [0.05, 0.1) is 17.3 Å². The lowest BCUT2D eigenvalue weighted by atomic mass is 10.3. The molecule has 2 heterocycles. The van der Waals surface area contributed by atoms with Crippen LogP contribution in [0.4, 0.5) is 0 Å². The molecule has 1 aliphatic heterocycles. The van der Waals surface area contributed by atoms with E-state index in [0.29, 0.717) is 6.04 Å². The van der Waals surface area contributed by atoms with E-state index in [-0.39, 0.29) is 0 Å². The van der Waals surface area contributed by atoms with Gasteiger partial charge in [-0.05, 0) is 12.2 Å². The van der Waals surface area contributed by atoms with Crippen molar-refractivity contribution in [2.75, 3.05) is 11.5 Å². The summed E-state index contributed by atoms with van der Waals surface area (Å²) in [7, 11) is 0. The SMILES string of the molecule is Clc1cnn(C2CCSC2)c1.